The third-order valence-corrected chi connectivity index (χ3v) is 14.8. The lowest BCUT2D eigenvalue weighted by atomic mass is 9.71. The van der Waals surface area contributed by atoms with Gasteiger partial charge in [-0.1, -0.05) is 81.4 Å². The molecule has 2 aromatic carbocycles. The van der Waals surface area contributed by atoms with Crippen molar-refractivity contribution in [1.82, 2.24) is 24.9 Å². The third-order valence-electron chi connectivity index (χ3n) is 10.3. The number of benzene rings is 2. The predicted molar refractivity (Wildman–Crippen MR) is 200 cm³/mol. The summed E-state index contributed by atoms with van der Waals surface area (Å²) in [7, 11) is -2.04. The van der Waals surface area contributed by atoms with E-state index in [0.717, 1.165) is 71.0 Å². The van der Waals surface area contributed by atoms with Gasteiger partial charge in [-0.2, -0.15) is 5.10 Å². The van der Waals surface area contributed by atoms with Crippen LogP contribution in [0.2, 0.25) is 18.1 Å². The first-order valence-electron chi connectivity index (χ1n) is 17.1. The van der Waals surface area contributed by atoms with E-state index in [2.05, 4.69) is 97.8 Å². The molecule has 3 aromatic heterocycles. The van der Waals surface area contributed by atoms with Crippen LogP contribution in [0.25, 0.3) is 38.9 Å². The molecule has 5 aromatic rings. The Labute approximate surface area is 289 Å². The quantitative estimate of drug-likeness (QED) is 0.0639. The number of rotatable bonds is 11. The molecule has 1 unspecified atom stereocenters. The molecule has 2 N–H and O–H groups in total. The van der Waals surface area contributed by atoms with Crippen LogP contribution < -0.4 is 11.0 Å². The number of nitrogens with zero attached hydrogens (tertiary/aromatic N) is 3. The Kier molecular flexibility index (Phi) is 9.47. The van der Waals surface area contributed by atoms with Crippen LogP contribution in [0.4, 0.5) is 0 Å². The molecule has 8 nitrogen and oxygen atoms in total. The van der Waals surface area contributed by atoms with Crippen LogP contribution in [-0.4, -0.2) is 39.9 Å². The zero-order chi connectivity index (χ0) is 34.8. The molecule has 0 radical (unpaired) electrons. The molecule has 1 saturated carbocycles. The van der Waals surface area contributed by atoms with Crippen molar-refractivity contribution in [1.29, 1.82) is 0 Å². The number of H-pyrrole nitrogens is 1. The lowest BCUT2D eigenvalue weighted by Gasteiger charge is -2.43. The summed E-state index contributed by atoms with van der Waals surface area (Å²) in [5.41, 5.74) is 5.40. The molecule has 9 heteroatoms. The first-order chi connectivity index (χ1) is 23.4. The van der Waals surface area contributed by atoms with E-state index in [1.54, 1.807) is 12.3 Å². The number of hydrogen-bond donors (Lipinski definition) is 2. The molecule has 0 spiro atoms. The maximum atomic E-state index is 13.4. The highest BCUT2D eigenvalue weighted by Crippen LogP contribution is 2.43. The van der Waals surface area contributed by atoms with E-state index in [1.807, 2.05) is 30.3 Å². The van der Waals surface area contributed by atoms with Gasteiger partial charge in [-0.15, -0.1) is 12.3 Å². The Morgan fingerprint density at radius 3 is 2.51 bits per heavy atom. The van der Waals surface area contributed by atoms with Crippen molar-refractivity contribution in [2.45, 2.75) is 89.1 Å². The highest BCUT2D eigenvalue weighted by Gasteiger charge is 2.40. The van der Waals surface area contributed by atoms with E-state index in [4.69, 9.17) is 15.8 Å². The largest absolute Gasteiger partial charge is 0.411 e. The van der Waals surface area contributed by atoms with Gasteiger partial charge in [0.05, 0.1) is 22.9 Å². The number of amides is 1. The first-order valence-corrected chi connectivity index (χ1v) is 20.0. The lowest BCUT2D eigenvalue weighted by Crippen LogP contribution is -2.50. The predicted octanol–water partition coefficient (Wildman–Crippen LogP) is 8.15. The normalized spacial score (nSPS) is 15.3. The number of pyridine rings is 2. The van der Waals surface area contributed by atoms with Crippen LogP contribution in [0, 0.1) is 12.3 Å². The van der Waals surface area contributed by atoms with Crippen molar-refractivity contribution in [3.8, 4) is 34.7 Å². The summed E-state index contributed by atoms with van der Waals surface area (Å²) in [6.45, 7) is 11.1. The first kappa shape index (κ1) is 34.1. The molecule has 1 aliphatic carbocycles. The monoisotopic (exact) mass is 671 g/mol. The average Bonchev–Trinajstić information content (AvgIpc) is 3.45. The molecule has 252 valence electrons. The van der Waals surface area contributed by atoms with Gasteiger partial charge in [-0.25, -0.2) is 19.3 Å². The molecule has 1 amide bonds. The van der Waals surface area contributed by atoms with Gasteiger partial charge in [0.15, 0.2) is 14.0 Å². The van der Waals surface area contributed by atoms with Crippen molar-refractivity contribution < 1.29 is 9.22 Å². The fourth-order valence-corrected chi connectivity index (χ4v) is 7.57. The summed E-state index contributed by atoms with van der Waals surface area (Å²) >= 11 is 0. The minimum absolute atomic E-state index is 0.0622. The van der Waals surface area contributed by atoms with Gasteiger partial charge in [-0.3, -0.25) is 4.79 Å². The number of aromatic amines is 1. The molecule has 0 bridgehead atoms. The number of aromatic nitrogens is 4. The number of fused-ring (bicyclic) bond motifs is 3. The maximum absolute atomic E-state index is 13.4. The standard InChI is InChI=1S/C40H45N5O3Si/c1-7-8-10-16-31(48-49(5,6)39(2,3)4)21-22-35(46)42-40(24-13-25-40)30-19-17-29(18-20-30)36-32(28-14-11-9-12-15-28)27-33-34(41-36)23-26-45-37(33)43-44-38(45)47/h1,9,11-12,14-15,17-23,26-27,31H,8,10,13,16,24-25H2,2-6H3,(H,42,46)(H,44,47)/b22-21+. The highest BCUT2D eigenvalue weighted by molar-refractivity contribution is 6.74. The highest BCUT2D eigenvalue weighted by atomic mass is 28.4. The van der Waals surface area contributed by atoms with Gasteiger partial charge < -0.3 is 9.74 Å². The summed E-state index contributed by atoms with van der Waals surface area (Å²) in [4.78, 5) is 30.8. The second-order valence-corrected chi connectivity index (χ2v) is 19.4. The Morgan fingerprint density at radius 1 is 1.12 bits per heavy atom. The van der Waals surface area contributed by atoms with Gasteiger partial charge in [-0.05, 0) is 73.5 Å². The van der Waals surface area contributed by atoms with Crippen LogP contribution in [0.5, 0.6) is 0 Å². The molecular formula is C40H45N5O3Si. The molecule has 1 atom stereocenters. The lowest BCUT2D eigenvalue weighted by molar-refractivity contribution is -0.119. The molecule has 3 heterocycles. The Hall–Kier alpha value is -4.78. The summed E-state index contributed by atoms with van der Waals surface area (Å²) in [6, 6.07) is 22.4. The molecule has 0 saturated heterocycles. The number of carbonyl (C=O) groups is 1. The van der Waals surface area contributed by atoms with Crippen molar-refractivity contribution >= 4 is 30.8 Å². The maximum Gasteiger partial charge on any atom is 0.347 e. The van der Waals surface area contributed by atoms with E-state index in [1.165, 1.54) is 4.40 Å². The van der Waals surface area contributed by atoms with Gasteiger partial charge in [0, 0.05) is 35.2 Å². The number of hydrogen-bond acceptors (Lipinski definition) is 5. The zero-order valence-electron chi connectivity index (χ0n) is 29.0. The van der Waals surface area contributed by atoms with Gasteiger partial charge >= 0.3 is 5.69 Å². The van der Waals surface area contributed by atoms with Crippen molar-refractivity contribution in [3.05, 3.63) is 101 Å². The van der Waals surface area contributed by atoms with Gasteiger partial charge in [0.25, 0.3) is 0 Å². The molecule has 6 rings (SSSR count). The van der Waals surface area contributed by atoms with Gasteiger partial charge in [0.1, 0.15) is 0 Å². The van der Waals surface area contributed by atoms with Gasteiger partial charge in [0.2, 0.25) is 5.91 Å². The Morgan fingerprint density at radius 2 is 1.86 bits per heavy atom. The number of terminal acetylenes is 1. The molecule has 1 fully saturated rings. The third kappa shape index (κ3) is 7.03. The molecule has 0 aliphatic heterocycles. The molecule has 49 heavy (non-hydrogen) atoms. The summed E-state index contributed by atoms with van der Waals surface area (Å²) in [5, 5.41) is 11.0. The minimum Gasteiger partial charge on any atom is -0.411 e. The van der Waals surface area contributed by atoms with Crippen LogP contribution in [0.15, 0.2) is 89.9 Å². The number of nitrogens with one attached hydrogen (secondary N) is 2. The van der Waals surface area contributed by atoms with E-state index in [-0.39, 0.29) is 22.7 Å². The Bertz CT molecular complexity index is 2100. The summed E-state index contributed by atoms with van der Waals surface area (Å²) in [5.74, 6) is 2.60. The van der Waals surface area contributed by atoms with E-state index in [9.17, 15) is 9.59 Å². The average molecular weight is 672 g/mol. The van der Waals surface area contributed by atoms with E-state index < -0.39 is 13.9 Å². The van der Waals surface area contributed by atoms with Crippen molar-refractivity contribution in [3.63, 3.8) is 0 Å². The molecular weight excluding hydrogens is 627 g/mol. The second-order valence-electron chi connectivity index (χ2n) is 14.6. The number of carbonyl (C=O) groups excluding carboxylic acids is 1. The molecule has 1 aliphatic rings. The van der Waals surface area contributed by atoms with E-state index in [0.29, 0.717) is 12.1 Å². The fraction of sp³-hybridized carbons (Fsp3) is 0.350. The SMILES string of the molecule is C#CCCCC(/C=C/C(=O)NC1(c2ccc(-c3nc4ccn5c(=O)[nH]nc5c4cc3-c3ccccc3)cc2)CCC1)O[Si](C)(C)C(C)(C)C. The smallest absolute Gasteiger partial charge is 0.347 e. The van der Waals surface area contributed by atoms with Crippen molar-refractivity contribution in [2.75, 3.05) is 0 Å². The fourth-order valence-electron chi connectivity index (χ4n) is 6.26. The number of unbranched alkanes of at least 4 members (excludes halogenated alkanes) is 1. The zero-order valence-corrected chi connectivity index (χ0v) is 30.0. The van der Waals surface area contributed by atoms with Crippen LogP contribution in [-0.2, 0) is 14.8 Å². The Balaban J connectivity index is 1.27. The van der Waals surface area contributed by atoms with E-state index >= 15 is 0 Å². The summed E-state index contributed by atoms with van der Waals surface area (Å²) in [6.07, 6.45) is 15.7. The minimum atomic E-state index is -2.04. The van der Waals surface area contributed by atoms with Crippen molar-refractivity contribution in [2.24, 2.45) is 0 Å². The van der Waals surface area contributed by atoms with Crippen LogP contribution in [0.3, 0.4) is 0 Å². The summed E-state index contributed by atoms with van der Waals surface area (Å²) < 4.78 is 8.17. The topological polar surface area (TPSA) is 101 Å². The van der Waals surface area contributed by atoms with Crippen LogP contribution >= 0.6 is 0 Å². The second kappa shape index (κ2) is 13.6. The van der Waals surface area contributed by atoms with Crippen LogP contribution in [0.1, 0.15) is 64.9 Å².